The third kappa shape index (κ3) is 3.53. The highest BCUT2D eigenvalue weighted by molar-refractivity contribution is 5.89. The number of benzene rings is 1. The van der Waals surface area contributed by atoms with Crippen LogP contribution in [0.25, 0.3) is 0 Å². The van der Waals surface area contributed by atoms with Crippen molar-refractivity contribution in [1.82, 2.24) is 20.4 Å². The molecule has 2 aliphatic heterocycles. The van der Waals surface area contributed by atoms with E-state index < -0.39 is 0 Å². The molecule has 2 amide bonds. The largest absolute Gasteiger partial charge is 0.323 e. The number of urea groups is 1. The van der Waals surface area contributed by atoms with Gasteiger partial charge in [-0.15, -0.1) is 0 Å². The van der Waals surface area contributed by atoms with E-state index in [1.54, 1.807) is 0 Å². The Hall–Kier alpha value is -1.63. The number of carbonyl (C=O) groups is 1. The van der Waals surface area contributed by atoms with E-state index in [1.165, 1.54) is 0 Å². The van der Waals surface area contributed by atoms with Gasteiger partial charge >= 0.3 is 6.03 Å². The van der Waals surface area contributed by atoms with E-state index in [0.29, 0.717) is 0 Å². The molecule has 1 atom stereocenters. The van der Waals surface area contributed by atoms with Crippen molar-refractivity contribution in [3.63, 3.8) is 0 Å². The Morgan fingerprint density at radius 2 is 1.76 bits per heavy atom. The van der Waals surface area contributed by atoms with Crippen molar-refractivity contribution in [3.05, 3.63) is 30.3 Å². The number of carbonyl (C=O) groups excluding carboxylic acids is 1. The SMILES string of the molecule is O=C(Nc1ccccc1)N1CCNCC1N1CCNCC1. The maximum absolute atomic E-state index is 12.6. The van der Waals surface area contributed by atoms with Crippen LogP contribution < -0.4 is 16.0 Å². The maximum Gasteiger partial charge on any atom is 0.323 e. The average Bonchev–Trinajstić information content (AvgIpc) is 2.56. The first-order valence-electron chi connectivity index (χ1n) is 7.63. The van der Waals surface area contributed by atoms with Crippen LogP contribution in [0.3, 0.4) is 0 Å². The molecule has 0 aliphatic carbocycles. The molecule has 2 saturated heterocycles. The minimum atomic E-state index is -0.00812. The number of amides is 2. The lowest BCUT2D eigenvalue weighted by Crippen LogP contribution is -2.64. The van der Waals surface area contributed by atoms with E-state index in [1.807, 2.05) is 35.2 Å². The van der Waals surface area contributed by atoms with Gasteiger partial charge in [0.1, 0.15) is 0 Å². The third-order valence-electron chi connectivity index (χ3n) is 4.08. The molecule has 3 N–H and O–H groups in total. The fourth-order valence-electron chi connectivity index (χ4n) is 2.95. The number of nitrogens with one attached hydrogen (secondary N) is 3. The van der Waals surface area contributed by atoms with E-state index >= 15 is 0 Å². The van der Waals surface area contributed by atoms with Crippen LogP contribution in [-0.4, -0.2) is 67.8 Å². The van der Waals surface area contributed by atoms with Gasteiger partial charge in [-0.1, -0.05) is 18.2 Å². The Kier molecular flexibility index (Phi) is 4.69. The molecule has 114 valence electrons. The van der Waals surface area contributed by atoms with Gasteiger partial charge in [-0.2, -0.15) is 0 Å². The Morgan fingerprint density at radius 1 is 1.05 bits per heavy atom. The summed E-state index contributed by atoms with van der Waals surface area (Å²) in [5.41, 5.74) is 0.847. The van der Waals surface area contributed by atoms with E-state index in [9.17, 15) is 4.79 Å². The molecule has 1 aromatic carbocycles. The van der Waals surface area contributed by atoms with Crippen LogP contribution in [0.15, 0.2) is 30.3 Å². The molecule has 0 aromatic heterocycles. The maximum atomic E-state index is 12.6. The smallest absolute Gasteiger partial charge is 0.314 e. The molecule has 1 unspecified atom stereocenters. The number of hydrogen-bond acceptors (Lipinski definition) is 4. The normalized spacial score (nSPS) is 23.8. The molecule has 0 saturated carbocycles. The van der Waals surface area contributed by atoms with Crippen LogP contribution in [0.1, 0.15) is 0 Å². The summed E-state index contributed by atoms with van der Waals surface area (Å²) in [6.45, 7) is 6.39. The topological polar surface area (TPSA) is 59.6 Å². The second-order valence-electron chi connectivity index (χ2n) is 5.46. The van der Waals surface area contributed by atoms with E-state index in [-0.39, 0.29) is 12.2 Å². The Balaban J connectivity index is 1.66. The number of piperazine rings is 2. The molecule has 0 spiro atoms. The minimum Gasteiger partial charge on any atom is -0.314 e. The monoisotopic (exact) mass is 289 g/mol. The summed E-state index contributed by atoms with van der Waals surface area (Å²) in [4.78, 5) is 16.9. The number of rotatable bonds is 2. The van der Waals surface area contributed by atoms with Crippen LogP contribution in [-0.2, 0) is 0 Å². The van der Waals surface area contributed by atoms with Crippen LogP contribution >= 0.6 is 0 Å². The summed E-state index contributed by atoms with van der Waals surface area (Å²) in [7, 11) is 0. The van der Waals surface area contributed by atoms with Crippen LogP contribution in [0, 0.1) is 0 Å². The van der Waals surface area contributed by atoms with Gasteiger partial charge in [-0.05, 0) is 12.1 Å². The second-order valence-corrected chi connectivity index (χ2v) is 5.46. The van der Waals surface area contributed by atoms with Gasteiger partial charge in [-0.3, -0.25) is 4.90 Å². The highest BCUT2D eigenvalue weighted by Crippen LogP contribution is 2.13. The molecule has 6 nitrogen and oxygen atoms in total. The van der Waals surface area contributed by atoms with Crippen molar-refractivity contribution >= 4 is 11.7 Å². The van der Waals surface area contributed by atoms with Crippen molar-refractivity contribution in [2.75, 3.05) is 51.1 Å². The zero-order valence-corrected chi connectivity index (χ0v) is 12.2. The molecular formula is C15H23N5O. The first-order chi connectivity index (χ1) is 10.3. The highest BCUT2D eigenvalue weighted by Gasteiger charge is 2.31. The number of anilines is 1. The fourth-order valence-corrected chi connectivity index (χ4v) is 2.95. The van der Waals surface area contributed by atoms with Crippen molar-refractivity contribution < 1.29 is 4.79 Å². The van der Waals surface area contributed by atoms with Gasteiger partial charge in [0.15, 0.2) is 0 Å². The van der Waals surface area contributed by atoms with Gasteiger partial charge in [0.25, 0.3) is 0 Å². The Morgan fingerprint density at radius 3 is 2.52 bits per heavy atom. The van der Waals surface area contributed by atoms with E-state index in [0.717, 1.165) is 51.5 Å². The third-order valence-corrected chi connectivity index (χ3v) is 4.08. The molecule has 21 heavy (non-hydrogen) atoms. The quantitative estimate of drug-likeness (QED) is 0.735. The summed E-state index contributed by atoms with van der Waals surface area (Å²) >= 11 is 0. The van der Waals surface area contributed by atoms with Gasteiger partial charge in [0.05, 0.1) is 6.17 Å². The predicted octanol–water partition coefficient (Wildman–Crippen LogP) is 0.355. The van der Waals surface area contributed by atoms with Gasteiger partial charge in [-0.25, -0.2) is 4.79 Å². The van der Waals surface area contributed by atoms with Crippen molar-refractivity contribution in [1.29, 1.82) is 0 Å². The second kappa shape index (κ2) is 6.89. The highest BCUT2D eigenvalue weighted by atomic mass is 16.2. The van der Waals surface area contributed by atoms with Gasteiger partial charge < -0.3 is 20.9 Å². The number of para-hydroxylation sites is 1. The predicted molar refractivity (Wildman–Crippen MR) is 83.3 cm³/mol. The summed E-state index contributed by atoms with van der Waals surface area (Å²) in [5, 5.41) is 9.75. The van der Waals surface area contributed by atoms with Crippen LogP contribution in [0.2, 0.25) is 0 Å². The molecule has 3 rings (SSSR count). The molecule has 0 bridgehead atoms. The van der Waals surface area contributed by atoms with Crippen molar-refractivity contribution in [3.8, 4) is 0 Å². The Labute approximate surface area is 125 Å². The van der Waals surface area contributed by atoms with Gasteiger partial charge in [0.2, 0.25) is 0 Å². The molecule has 1 aromatic rings. The molecule has 2 aliphatic rings. The minimum absolute atomic E-state index is 0.00812. The summed E-state index contributed by atoms with van der Waals surface area (Å²) in [5.74, 6) is 0. The summed E-state index contributed by atoms with van der Waals surface area (Å²) < 4.78 is 0. The summed E-state index contributed by atoms with van der Waals surface area (Å²) in [6, 6.07) is 9.64. The zero-order chi connectivity index (χ0) is 14.5. The number of hydrogen-bond donors (Lipinski definition) is 3. The van der Waals surface area contributed by atoms with Crippen LogP contribution in [0.4, 0.5) is 10.5 Å². The average molecular weight is 289 g/mol. The molecule has 2 heterocycles. The van der Waals surface area contributed by atoms with E-state index in [2.05, 4.69) is 20.9 Å². The molecule has 0 radical (unpaired) electrons. The molecular weight excluding hydrogens is 266 g/mol. The first kappa shape index (κ1) is 14.3. The fraction of sp³-hybridized carbons (Fsp3) is 0.533. The lowest BCUT2D eigenvalue weighted by atomic mass is 10.2. The molecule has 2 fully saturated rings. The first-order valence-corrected chi connectivity index (χ1v) is 7.63. The lowest BCUT2D eigenvalue weighted by Gasteiger charge is -2.44. The Bertz CT molecular complexity index is 460. The van der Waals surface area contributed by atoms with Gasteiger partial charge in [0, 0.05) is 51.5 Å². The zero-order valence-electron chi connectivity index (χ0n) is 12.2. The van der Waals surface area contributed by atoms with Crippen LogP contribution in [0.5, 0.6) is 0 Å². The number of nitrogens with zero attached hydrogens (tertiary/aromatic N) is 2. The molecule has 6 heteroatoms. The summed E-state index contributed by atoms with van der Waals surface area (Å²) in [6.07, 6.45) is 0.143. The standard InChI is InChI=1S/C15H23N5O/c21-15(18-13-4-2-1-3-5-13)20-11-8-17-12-14(20)19-9-6-16-7-10-19/h1-5,14,16-17H,6-12H2,(H,18,21). The lowest BCUT2D eigenvalue weighted by molar-refractivity contribution is 0.0450. The van der Waals surface area contributed by atoms with E-state index in [4.69, 9.17) is 0 Å². The van der Waals surface area contributed by atoms with Crippen molar-refractivity contribution in [2.24, 2.45) is 0 Å². The van der Waals surface area contributed by atoms with Crippen molar-refractivity contribution in [2.45, 2.75) is 6.17 Å².